The first-order chi connectivity index (χ1) is 13.8. The van der Waals surface area contributed by atoms with Gasteiger partial charge < -0.3 is 15.3 Å². The number of rotatable bonds is 4. The van der Waals surface area contributed by atoms with Gasteiger partial charge >= 0.3 is 0 Å². The molecule has 1 aliphatic carbocycles. The smallest absolute Gasteiger partial charge is 0.245 e. The molecule has 0 bridgehead atoms. The predicted octanol–water partition coefficient (Wildman–Crippen LogP) is 2.49. The van der Waals surface area contributed by atoms with Crippen LogP contribution in [0.5, 0.6) is 5.75 Å². The zero-order valence-electron chi connectivity index (χ0n) is 15.5. The number of hydrogen-bond acceptors (Lipinski definition) is 7. The standard InChI is InChI=1S/C21H22N6O/c28-20-11-16(14-5-7-22-8-6-14)3-4-17(20)18-12-24-21(26-25-18)27-10-9-23-19(13-27)15-1-2-15/h3-8,11-12,15,19,23,28H,1-2,9-10,13H2/t19-/m1/s1. The molecule has 2 N–H and O–H groups in total. The number of anilines is 1. The largest absolute Gasteiger partial charge is 0.507 e. The van der Waals surface area contributed by atoms with Crippen LogP contribution in [-0.4, -0.2) is 50.9 Å². The van der Waals surface area contributed by atoms with E-state index in [0.29, 0.717) is 23.2 Å². The van der Waals surface area contributed by atoms with E-state index in [1.165, 1.54) is 12.8 Å². The van der Waals surface area contributed by atoms with Crippen LogP contribution in [0, 0.1) is 5.92 Å². The highest BCUT2D eigenvalue weighted by Gasteiger charge is 2.34. The maximum Gasteiger partial charge on any atom is 0.245 e. The minimum Gasteiger partial charge on any atom is -0.507 e. The van der Waals surface area contributed by atoms with Crippen LogP contribution in [0.15, 0.2) is 48.9 Å². The molecule has 2 fully saturated rings. The number of piperazine rings is 1. The topological polar surface area (TPSA) is 87.1 Å². The molecule has 0 unspecified atom stereocenters. The molecule has 5 rings (SSSR count). The van der Waals surface area contributed by atoms with Gasteiger partial charge in [-0.25, -0.2) is 4.98 Å². The molecule has 1 saturated carbocycles. The molecule has 7 heteroatoms. The van der Waals surface area contributed by atoms with Crippen molar-refractivity contribution in [2.45, 2.75) is 18.9 Å². The van der Waals surface area contributed by atoms with Crippen molar-refractivity contribution in [1.82, 2.24) is 25.5 Å². The molecule has 0 spiro atoms. The molecule has 7 nitrogen and oxygen atoms in total. The van der Waals surface area contributed by atoms with Gasteiger partial charge in [0.05, 0.1) is 6.20 Å². The summed E-state index contributed by atoms with van der Waals surface area (Å²) >= 11 is 0. The van der Waals surface area contributed by atoms with E-state index >= 15 is 0 Å². The van der Waals surface area contributed by atoms with Crippen LogP contribution in [-0.2, 0) is 0 Å². The summed E-state index contributed by atoms with van der Waals surface area (Å²) in [5.74, 6) is 1.61. The predicted molar refractivity (Wildman–Crippen MR) is 107 cm³/mol. The van der Waals surface area contributed by atoms with E-state index < -0.39 is 0 Å². The molecule has 0 radical (unpaired) electrons. The lowest BCUT2D eigenvalue weighted by molar-refractivity contribution is 0.414. The first-order valence-corrected chi connectivity index (χ1v) is 9.70. The summed E-state index contributed by atoms with van der Waals surface area (Å²) in [7, 11) is 0. The third-order valence-electron chi connectivity index (χ3n) is 5.52. The van der Waals surface area contributed by atoms with Gasteiger partial charge in [0, 0.05) is 43.6 Å². The molecule has 1 atom stereocenters. The average molecular weight is 374 g/mol. The number of aromatic nitrogens is 4. The van der Waals surface area contributed by atoms with Crippen molar-refractivity contribution in [3.8, 4) is 28.1 Å². The SMILES string of the molecule is Oc1cc(-c2ccncc2)ccc1-c1cnc(N2CCN[C@@H](C3CC3)C2)nn1. The Morgan fingerprint density at radius 3 is 2.61 bits per heavy atom. The van der Waals surface area contributed by atoms with Crippen LogP contribution in [0.2, 0.25) is 0 Å². The van der Waals surface area contributed by atoms with Crippen LogP contribution in [0.25, 0.3) is 22.4 Å². The molecule has 142 valence electrons. The summed E-state index contributed by atoms with van der Waals surface area (Å²) in [6, 6.07) is 9.89. The summed E-state index contributed by atoms with van der Waals surface area (Å²) in [5, 5.41) is 22.7. The number of phenolic OH excluding ortho intramolecular Hbond substituents is 1. The van der Waals surface area contributed by atoms with E-state index in [-0.39, 0.29) is 5.75 Å². The van der Waals surface area contributed by atoms with Gasteiger partial charge in [-0.1, -0.05) is 6.07 Å². The molecule has 1 aliphatic heterocycles. The number of hydrogen-bond donors (Lipinski definition) is 2. The molecule has 3 aromatic rings. The lowest BCUT2D eigenvalue weighted by atomic mass is 10.0. The summed E-state index contributed by atoms with van der Waals surface area (Å²) in [5.41, 5.74) is 3.12. The van der Waals surface area contributed by atoms with E-state index in [0.717, 1.165) is 36.7 Å². The molecule has 3 heterocycles. The maximum absolute atomic E-state index is 10.5. The third-order valence-corrected chi connectivity index (χ3v) is 5.52. The van der Waals surface area contributed by atoms with Crippen LogP contribution < -0.4 is 10.2 Å². The lowest BCUT2D eigenvalue weighted by Gasteiger charge is -2.33. The summed E-state index contributed by atoms with van der Waals surface area (Å²) < 4.78 is 0. The second-order valence-electron chi connectivity index (χ2n) is 7.46. The van der Waals surface area contributed by atoms with Crippen molar-refractivity contribution in [2.24, 2.45) is 5.92 Å². The number of nitrogens with zero attached hydrogens (tertiary/aromatic N) is 5. The zero-order chi connectivity index (χ0) is 18.9. The Kier molecular flexibility index (Phi) is 4.37. The van der Waals surface area contributed by atoms with Gasteiger partial charge in [-0.05, 0) is 54.2 Å². The van der Waals surface area contributed by atoms with E-state index in [1.807, 2.05) is 24.3 Å². The minimum atomic E-state index is 0.161. The van der Waals surface area contributed by atoms with Crippen molar-refractivity contribution in [3.05, 3.63) is 48.9 Å². The molecule has 28 heavy (non-hydrogen) atoms. The molecule has 2 aromatic heterocycles. The van der Waals surface area contributed by atoms with Gasteiger partial charge in [0.1, 0.15) is 11.4 Å². The Bertz CT molecular complexity index is 958. The average Bonchev–Trinajstić information content (AvgIpc) is 3.60. The fourth-order valence-electron chi connectivity index (χ4n) is 3.78. The van der Waals surface area contributed by atoms with Crippen molar-refractivity contribution >= 4 is 5.95 Å². The van der Waals surface area contributed by atoms with Gasteiger partial charge in [0.15, 0.2) is 0 Å². The monoisotopic (exact) mass is 374 g/mol. The van der Waals surface area contributed by atoms with Gasteiger partial charge in [-0.2, -0.15) is 0 Å². The Morgan fingerprint density at radius 1 is 1.04 bits per heavy atom. The van der Waals surface area contributed by atoms with Crippen LogP contribution in [0.4, 0.5) is 5.95 Å². The number of nitrogens with one attached hydrogen (secondary N) is 1. The minimum absolute atomic E-state index is 0.161. The summed E-state index contributed by atoms with van der Waals surface area (Å²) in [6.45, 7) is 2.76. The molecule has 1 saturated heterocycles. The summed E-state index contributed by atoms with van der Waals surface area (Å²) in [6.07, 6.45) is 7.80. The van der Waals surface area contributed by atoms with Crippen molar-refractivity contribution in [3.63, 3.8) is 0 Å². The molecule has 0 amide bonds. The highest BCUT2D eigenvalue weighted by atomic mass is 16.3. The van der Waals surface area contributed by atoms with Crippen molar-refractivity contribution in [2.75, 3.05) is 24.5 Å². The number of benzene rings is 1. The molecular formula is C21H22N6O. The quantitative estimate of drug-likeness (QED) is 0.725. The van der Waals surface area contributed by atoms with E-state index in [4.69, 9.17) is 0 Å². The maximum atomic E-state index is 10.5. The van der Waals surface area contributed by atoms with Crippen LogP contribution in [0.3, 0.4) is 0 Å². The van der Waals surface area contributed by atoms with Crippen molar-refractivity contribution in [1.29, 1.82) is 0 Å². The highest BCUT2D eigenvalue weighted by Crippen LogP contribution is 2.34. The zero-order valence-corrected chi connectivity index (χ0v) is 15.5. The number of phenols is 1. The van der Waals surface area contributed by atoms with Gasteiger partial charge in [-0.3, -0.25) is 4.98 Å². The van der Waals surface area contributed by atoms with E-state index in [2.05, 4.69) is 30.4 Å². The highest BCUT2D eigenvalue weighted by molar-refractivity contribution is 5.73. The summed E-state index contributed by atoms with van der Waals surface area (Å²) in [4.78, 5) is 10.7. The molecule has 1 aromatic carbocycles. The first-order valence-electron chi connectivity index (χ1n) is 9.70. The number of aromatic hydroxyl groups is 1. The van der Waals surface area contributed by atoms with Gasteiger partial charge in [0.25, 0.3) is 0 Å². The first kappa shape index (κ1) is 17.1. The fourth-order valence-corrected chi connectivity index (χ4v) is 3.78. The van der Waals surface area contributed by atoms with Gasteiger partial charge in [0.2, 0.25) is 5.95 Å². The van der Waals surface area contributed by atoms with Crippen molar-refractivity contribution < 1.29 is 5.11 Å². The molecule has 2 aliphatic rings. The van der Waals surface area contributed by atoms with Gasteiger partial charge in [-0.15, -0.1) is 10.2 Å². The third kappa shape index (κ3) is 3.41. The second kappa shape index (κ2) is 7.16. The Hall–Kier alpha value is -3.06. The number of pyridine rings is 1. The Labute approximate surface area is 163 Å². The Balaban J connectivity index is 1.35. The second-order valence-corrected chi connectivity index (χ2v) is 7.46. The normalized spacial score (nSPS) is 19.6. The van der Waals surface area contributed by atoms with Crippen LogP contribution >= 0.6 is 0 Å². The van der Waals surface area contributed by atoms with Crippen LogP contribution in [0.1, 0.15) is 12.8 Å². The molecular weight excluding hydrogens is 352 g/mol. The Morgan fingerprint density at radius 2 is 1.89 bits per heavy atom. The van der Waals surface area contributed by atoms with E-state index in [1.54, 1.807) is 24.7 Å². The lowest BCUT2D eigenvalue weighted by Crippen LogP contribution is -2.52. The van der Waals surface area contributed by atoms with E-state index in [9.17, 15) is 5.11 Å². The fraction of sp³-hybridized carbons (Fsp3) is 0.333.